The van der Waals surface area contributed by atoms with Gasteiger partial charge in [-0.3, -0.25) is 9.59 Å². The van der Waals surface area contributed by atoms with Crippen molar-refractivity contribution in [1.82, 2.24) is 9.80 Å². The monoisotopic (exact) mass is 476 g/mol. The average molecular weight is 477 g/mol. The zero-order chi connectivity index (χ0) is 25.1. The lowest BCUT2D eigenvalue weighted by Crippen LogP contribution is -2.33. The molecule has 2 aliphatic rings. The van der Waals surface area contributed by atoms with Crippen LogP contribution in [0.15, 0.2) is 48.0 Å². The quantitative estimate of drug-likeness (QED) is 0.322. The second kappa shape index (κ2) is 10.6. The van der Waals surface area contributed by atoms with E-state index in [0.29, 0.717) is 12.1 Å². The molecule has 186 valence electrons. The maximum Gasteiger partial charge on any atom is 0.295 e. The molecule has 2 heterocycles. The Hall–Kier alpha value is -3.12. The molecule has 1 amide bonds. The summed E-state index contributed by atoms with van der Waals surface area (Å²) < 4.78 is 5.79. The van der Waals surface area contributed by atoms with Crippen LogP contribution in [0.5, 0.6) is 5.75 Å². The van der Waals surface area contributed by atoms with Gasteiger partial charge >= 0.3 is 0 Å². The van der Waals surface area contributed by atoms with E-state index < -0.39 is 17.7 Å². The summed E-state index contributed by atoms with van der Waals surface area (Å²) in [6.07, 6.45) is 2.49. The van der Waals surface area contributed by atoms with Crippen LogP contribution in [0.25, 0.3) is 5.76 Å². The number of likely N-dealkylation sites (tertiary alicyclic amines) is 1. The Balaban J connectivity index is 1.73. The fourth-order valence-electron chi connectivity index (χ4n) is 5.12. The highest BCUT2D eigenvalue weighted by atomic mass is 16.5. The van der Waals surface area contributed by atoms with Crippen LogP contribution in [0.3, 0.4) is 0 Å². The minimum Gasteiger partial charge on any atom is -0.507 e. The lowest BCUT2D eigenvalue weighted by atomic mass is 9.93. The fraction of sp³-hybridized carbons (Fsp3) is 0.448. The summed E-state index contributed by atoms with van der Waals surface area (Å²) in [7, 11) is 0. The van der Waals surface area contributed by atoms with E-state index in [4.69, 9.17) is 4.74 Å². The molecular formula is C29H36N2O4. The van der Waals surface area contributed by atoms with Gasteiger partial charge in [0.25, 0.3) is 11.7 Å². The van der Waals surface area contributed by atoms with E-state index in [2.05, 4.69) is 25.7 Å². The predicted octanol–water partition coefficient (Wildman–Crippen LogP) is 4.73. The Morgan fingerprint density at radius 3 is 2.46 bits per heavy atom. The molecular weight excluding hydrogens is 440 g/mol. The molecule has 0 radical (unpaired) electrons. The van der Waals surface area contributed by atoms with Crippen molar-refractivity contribution in [1.29, 1.82) is 0 Å². The molecule has 0 bridgehead atoms. The fourth-order valence-corrected chi connectivity index (χ4v) is 5.12. The summed E-state index contributed by atoms with van der Waals surface area (Å²) in [6.45, 7) is 11.5. The van der Waals surface area contributed by atoms with Crippen LogP contribution in [-0.4, -0.2) is 58.9 Å². The van der Waals surface area contributed by atoms with Gasteiger partial charge in [-0.05, 0) is 74.3 Å². The number of carbonyl (C=O) groups excluding carboxylic acids is 2. The van der Waals surface area contributed by atoms with Crippen molar-refractivity contribution in [2.75, 3.05) is 26.2 Å². The number of ketones is 1. The van der Waals surface area contributed by atoms with Crippen molar-refractivity contribution in [3.05, 3.63) is 70.3 Å². The molecule has 35 heavy (non-hydrogen) atoms. The molecule has 0 spiro atoms. The van der Waals surface area contributed by atoms with Crippen LogP contribution in [0.4, 0.5) is 0 Å². The number of hydrogen-bond donors (Lipinski definition) is 1. The first-order chi connectivity index (χ1) is 16.9. The van der Waals surface area contributed by atoms with Gasteiger partial charge in [0.15, 0.2) is 0 Å². The van der Waals surface area contributed by atoms with Gasteiger partial charge < -0.3 is 19.6 Å². The zero-order valence-corrected chi connectivity index (χ0v) is 21.2. The lowest BCUT2D eigenvalue weighted by Gasteiger charge is -2.27. The van der Waals surface area contributed by atoms with E-state index in [-0.39, 0.29) is 17.4 Å². The van der Waals surface area contributed by atoms with Crippen LogP contribution in [0.2, 0.25) is 0 Å². The summed E-state index contributed by atoms with van der Waals surface area (Å²) in [6, 6.07) is 12.9. The molecule has 2 atom stereocenters. The Labute approximate surface area is 208 Å². The molecule has 2 aromatic carbocycles. The summed E-state index contributed by atoms with van der Waals surface area (Å²) in [5, 5.41) is 11.4. The first-order valence-electron chi connectivity index (χ1n) is 12.8. The van der Waals surface area contributed by atoms with Crippen molar-refractivity contribution < 1.29 is 19.4 Å². The Morgan fingerprint density at radius 2 is 1.80 bits per heavy atom. The number of aliphatic hydroxyl groups excluding tert-OH is 1. The van der Waals surface area contributed by atoms with E-state index in [1.54, 1.807) is 11.0 Å². The number of carbonyl (C=O) groups is 2. The van der Waals surface area contributed by atoms with Crippen LogP contribution in [-0.2, 0) is 22.4 Å². The van der Waals surface area contributed by atoms with Crippen LogP contribution in [0.1, 0.15) is 62.4 Å². The smallest absolute Gasteiger partial charge is 0.295 e. The summed E-state index contributed by atoms with van der Waals surface area (Å²) in [5.74, 6) is -0.493. The molecule has 0 aliphatic carbocycles. The van der Waals surface area contributed by atoms with Gasteiger partial charge in [-0.25, -0.2) is 0 Å². The number of aliphatic hydroxyl groups is 1. The Morgan fingerprint density at radius 1 is 1.09 bits per heavy atom. The van der Waals surface area contributed by atoms with Gasteiger partial charge in [0, 0.05) is 18.5 Å². The second-order valence-electron chi connectivity index (χ2n) is 9.42. The maximum atomic E-state index is 13.3. The van der Waals surface area contributed by atoms with Gasteiger partial charge in [-0.1, -0.05) is 45.0 Å². The van der Waals surface area contributed by atoms with Gasteiger partial charge in [0.1, 0.15) is 17.6 Å². The molecule has 4 rings (SSSR count). The third-order valence-corrected chi connectivity index (χ3v) is 7.18. The normalized spacial score (nSPS) is 21.0. The molecule has 0 aromatic heterocycles. The lowest BCUT2D eigenvalue weighted by molar-refractivity contribution is -0.140. The van der Waals surface area contributed by atoms with Gasteiger partial charge in [0.2, 0.25) is 0 Å². The zero-order valence-electron chi connectivity index (χ0n) is 21.2. The molecule has 2 aliphatic heterocycles. The van der Waals surface area contributed by atoms with Crippen molar-refractivity contribution in [3.8, 4) is 5.75 Å². The molecule has 1 fully saturated rings. The van der Waals surface area contributed by atoms with Crippen LogP contribution in [0, 0.1) is 0 Å². The highest BCUT2D eigenvalue weighted by Gasteiger charge is 2.45. The standard InChI is InChI=1S/C29H36N2O4/c1-5-20-9-11-21(12-10-20)26-25(27(32)22-13-14-24-23(18-22)17-19(4)35-24)28(33)29(34)31(26)16-8-15-30(6-2)7-3/h9-14,18-19,26,32H,5-8,15-17H2,1-4H3/t19-,26+/m0/s1. The van der Waals surface area contributed by atoms with E-state index in [0.717, 1.165) is 55.8 Å². The molecule has 0 unspecified atom stereocenters. The first kappa shape index (κ1) is 25.0. The number of amides is 1. The average Bonchev–Trinajstić information content (AvgIpc) is 3.37. The number of Topliss-reactive ketones (excluding diaryl/α,β-unsaturated/α-hetero) is 1. The second-order valence-corrected chi connectivity index (χ2v) is 9.42. The van der Waals surface area contributed by atoms with E-state index >= 15 is 0 Å². The Kier molecular flexibility index (Phi) is 7.60. The molecule has 6 heteroatoms. The number of ether oxygens (including phenoxy) is 1. The predicted molar refractivity (Wildman–Crippen MR) is 137 cm³/mol. The van der Waals surface area contributed by atoms with Crippen molar-refractivity contribution >= 4 is 17.4 Å². The Bertz CT molecular complexity index is 1120. The van der Waals surface area contributed by atoms with Crippen molar-refractivity contribution in [2.45, 2.75) is 59.1 Å². The highest BCUT2D eigenvalue weighted by molar-refractivity contribution is 6.46. The van der Waals surface area contributed by atoms with Crippen molar-refractivity contribution in [3.63, 3.8) is 0 Å². The number of hydrogen-bond acceptors (Lipinski definition) is 5. The van der Waals surface area contributed by atoms with Crippen LogP contribution < -0.4 is 4.74 Å². The first-order valence-corrected chi connectivity index (χ1v) is 12.8. The summed E-state index contributed by atoms with van der Waals surface area (Å²) in [4.78, 5) is 30.4. The summed E-state index contributed by atoms with van der Waals surface area (Å²) >= 11 is 0. The number of aryl methyl sites for hydroxylation is 1. The number of nitrogens with zero attached hydrogens (tertiary/aromatic N) is 2. The number of rotatable bonds is 9. The number of benzene rings is 2. The minimum absolute atomic E-state index is 0.0795. The minimum atomic E-state index is -0.625. The third-order valence-electron chi connectivity index (χ3n) is 7.18. The maximum absolute atomic E-state index is 13.3. The van der Waals surface area contributed by atoms with E-state index in [1.807, 2.05) is 43.3 Å². The van der Waals surface area contributed by atoms with Crippen LogP contribution >= 0.6 is 0 Å². The van der Waals surface area contributed by atoms with Crippen molar-refractivity contribution in [2.24, 2.45) is 0 Å². The molecule has 1 N–H and O–H groups in total. The highest BCUT2D eigenvalue weighted by Crippen LogP contribution is 2.40. The van der Waals surface area contributed by atoms with Gasteiger partial charge in [-0.15, -0.1) is 0 Å². The van der Waals surface area contributed by atoms with Gasteiger partial charge in [0.05, 0.1) is 11.6 Å². The molecule has 2 aromatic rings. The van der Waals surface area contributed by atoms with Gasteiger partial charge in [-0.2, -0.15) is 0 Å². The topological polar surface area (TPSA) is 70.1 Å². The van der Waals surface area contributed by atoms with E-state index in [9.17, 15) is 14.7 Å². The number of fused-ring (bicyclic) bond motifs is 1. The SMILES string of the molecule is CCc1ccc([C@@H]2C(=C(O)c3ccc4c(c3)C[C@H](C)O4)C(=O)C(=O)N2CCCN(CC)CC)cc1. The molecule has 6 nitrogen and oxygen atoms in total. The third kappa shape index (κ3) is 4.98. The molecule has 1 saturated heterocycles. The largest absolute Gasteiger partial charge is 0.507 e. The molecule has 0 saturated carbocycles. The van der Waals surface area contributed by atoms with E-state index in [1.165, 1.54) is 5.56 Å². The summed E-state index contributed by atoms with van der Waals surface area (Å²) in [5.41, 5.74) is 3.72.